The van der Waals surface area contributed by atoms with Gasteiger partial charge in [0, 0.05) is 12.1 Å². The number of carbonyl (C=O) groups excluding carboxylic acids is 1. The third kappa shape index (κ3) is 3.66. The first-order valence-corrected chi connectivity index (χ1v) is 6.98. The summed E-state index contributed by atoms with van der Waals surface area (Å²) in [5, 5.41) is 10.8. The zero-order chi connectivity index (χ0) is 13.7. The van der Waals surface area contributed by atoms with Crippen LogP contribution in [-0.2, 0) is 0 Å². The van der Waals surface area contributed by atoms with E-state index in [1.165, 1.54) is 19.3 Å². The minimum Gasteiger partial charge on any atom is -0.477 e. The molecule has 1 fully saturated rings. The van der Waals surface area contributed by atoms with Crippen molar-refractivity contribution >= 4 is 5.91 Å². The number of nitrogens with zero attached hydrogens (tertiary/aromatic N) is 2. The highest BCUT2D eigenvalue weighted by molar-refractivity contribution is 5.92. The zero-order valence-electron chi connectivity index (χ0n) is 11.6. The highest BCUT2D eigenvalue weighted by Crippen LogP contribution is 2.23. The summed E-state index contributed by atoms with van der Waals surface area (Å²) in [5.41, 5.74) is 0.348. The van der Waals surface area contributed by atoms with Crippen molar-refractivity contribution in [2.75, 3.05) is 6.61 Å². The summed E-state index contributed by atoms with van der Waals surface area (Å²) in [6, 6.07) is 3.59. The highest BCUT2D eigenvalue weighted by atomic mass is 16.5. The Bertz CT molecular complexity index is 419. The average molecular weight is 263 g/mol. The van der Waals surface area contributed by atoms with E-state index in [4.69, 9.17) is 4.74 Å². The van der Waals surface area contributed by atoms with E-state index in [1.807, 2.05) is 6.92 Å². The van der Waals surface area contributed by atoms with Gasteiger partial charge in [-0.2, -0.15) is 0 Å². The molecule has 0 radical (unpaired) electrons. The van der Waals surface area contributed by atoms with Crippen LogP contribution in [0.1, 0.15) is 50.0 Å². The van der Waals surface area contributed by atoms with Crippen LogP contribution in [0.2, 0.25) is 0 Å². The quantitative estimate of drug-likeness (QED) is 0.904. The van der Waals surface area contributed by atoms with Crippen LogP contribution in [-0.4, -0.2) is 28.8 Å². The Morgan fingerprint density at radius 1 is 1.37 bits per heavy atom. The number of rotatable bonds is 4. The average Bonchev–Trinajstić information content (AvgIpc) is 2.42. The number of hydrogen-bond donors (Lipinski definition) is 1. The summed E-state index contributed by atoms with van der Waals surface area (Å²) >= 11 is 0. The SMILES string of the molecule is CCOc1ccc(C(=O)NC2CCCCC2C)nn1. The van der Waals surface area contributed by atoms with Crippen LogP contribution in [0.15, 0.2) is 12.1 Å². The molecule has 1 amide bonds. The van der Waals surface area contributed by atoms with E-state index in [0.29, 0.717) is 24.1 Å². The normalized spacial score (nSPS) is 22.8. The zero-order valence-corrected chi connectivity index (χ0v) is 11.6. The molecule has 2 unspecified atom stereocenters. The summed E-state index contributed by atoms with van der Waals surface area (Å²) in [6.07, 6.45) is 4.68. The number of aromatic nitrogens is 2. The molecule has 104 valence electrons. The van der Waals surface area contributed by atoms with Gasteiger partial charge < -0.3 is 10.1 Å². The van der Waals surface area contributed by atoms with Crippen molar-refractivity contribution in [2.24, 2.45) is 5.92 Å². The standard InChI is InChI=1S/C14H21N3O2/c1-3-19-13-9-8-12(16-17-13)14(18)15-11-7-5-4-6-10(11)2/h8-11H,3-7H2,1-2H3,(H,15,18). The van der Waals surface area contributed by atoms with Gasteiger partial charge in [0.15, 0.2) is 5.69 Å². The van der Waals surface area contributed by atoms with E-state index in [0.717, 1.165) is 6.42 Å². The second kappa shape index (κ2) is 6.50. The molecule has 5 nitrogen and oxygen atoms in total. The fourth-order valence-electron chi connectivity index (χ4n) is 2.44. The van der Waals surface area contributed by atoms with Gasteiger partial charge in [0.05, 0.1) is 6.61 Å². The molecule has 5 heteroatoms. The minimum atomic E-state index is -0.144. The van der Waals surface area contributed by atoms with Crippen LogP contribution in [0.4, 0.5) is 0 Å². The van der Waals surface area contributed by atoms with Gasteiger partial charge in [-0.3, -0.25) is 4.79 Å². The van der Waals surface area contributed by atoms with Crippen molar-refractivity contribution in [2.45, 2.75) is 45.6 Å². The molecular formula is C14H21N3O2. The molecular weight excluding hydrogens is 242 g/mol. The van der Waals surface area contributed by atoms with Crippen molar-refractivity contribution in [1.29, 1.82) is 0 Å². The molecule has 0 spiro atoms. The molecule has 0 aromatic carbocycles. The van der Waals surface area contributed by atoms with Gasteiger partial charge in [0.25, 0.3) is 5.91 Å². The first kappa shape index (κ1) is 13.8. The lowest BCUT2D eigenvalue weighted by Gasteiger charge is -2.29. The lowest BCUT2D eigenvalue weighted by Crippen LogP contribution is -2.41. The molecule has 0 saturated heterocycles. The monoisotopic (exact) mass is 263 g/mol. The van der Waals surface area contributed by atoms with E-state index in [9.17, 15) is 4.79 Å². The minimum absolute atomic E-state index is 0.144. The Morgan fingerprint density at radius 2 is 2.16 bits per heavy atom. The lowest BCUT2D eigenvalue weighted by molar-refractivity contribution is 0.0904. The van der Waals surface area contributed by atoms with Crippen LogP contribution >= 0.6 is 0 Å². The topological polar surface area (TPSA) is 64.1 Å². The molecule has 2 atom stereocenters. The van der Waals surface area contributed by atoms with Gasteiger partial charge in [-0.15, -0.1) is 10.2 Å². The summed E-state index contributed by atoms with van der Waals surface area (Å²) in [5.74, 6) is 0.841. The Morgan fingerprint density at radius 3 is 2.79 bits per heavy atom. The van der Waals surface area contributed by atoms with E-state index >= 15 is 0 Å². The van der Waals surface area contributed by atoms with Gasteiger partial charge in [0.2, 0.25) is 5.88 Å². The van der Waals surface area contributed by atoms with Crippen LogP contribution in [0.25, 0.3) is 0 Å². The van der Waals surface area contributed by atoms with Gasteiger partial charge in [-0.1, -0.05) is 19.8 Å². The summed E-state index contributed by atoms with van der Waals surface area (Å²) < 4.78 is 5.20. The summed E-state index contributed by atoms with van der Waals surface area (Å²) in [6.45, 7) is 4.61. The van der Waals surface area contributed by atoms with Gasteiger partial charge in [-0.25, -0.2) is 0 Å². The van der Waals surface area contributed by atoms with Crippen LogP contribution < -0.4 is 10.1 Å². The molecule has 1 aliphatic carbocycles. The van der Waals surface area contributed by atoms with Gasteiger partial charge >= 0.3 is 0 Å². The molecule has 1 saturated carbocycles. The maximum absolute atomic E-state index is 12.1. The predicted molar refractivity (Wildman–Crippen MR) is 72.1 cm³/mol. The smallest absolute Gasteiger partial charge is 0.272 e. The van der Waals surface area contributed by atoms with Crippen molar-refractivity contribution < 1.29 is 9.53 Å². The first-order valence-electron chi connectivity index (χ1n) is 6.98. The second-order valence-electron chi connectivity index (χ2n) is 5.03. The Labute approximate surface area is 113 Å². The first-order chi connectivity index (χ1) is 9.20. The van der Waals surface area contributed by atoms with Gasteiger partial charge in [-0.05, 0) is 31.7 Å². The fraction of sp³-hybridized carbons (Fsp3) is 0.643. The van der Waals surface area contributed by atoms with Crippen molar-refractivity contribution in [1.82, 2.24) is 15.5 Å². The van der Waals surface area contributed by atoms with E-state index in [1.54, 1.807) is 12.1 Å². The Hall–Kier alpha value is -1.65. The number of nitrogens with one attached hydrogen (secondary N) is 1. The van der Waals surface area contributed by atoms with E-state index in [-0.39, 0.29) is 11.9 Å². The van der Waals surface area contributed by atoms with E-state index < -0.39 is 0 Å². The Kier molecular flexibility index (Phi) is 4.71. The van der Waals surface area contributed by atoms with Gasteiger partial charge in [0.1, 0.15) is 0 Å². The molecule has 1 heterocycles. The molecule has 0 aliphatic heterocycles. The second-order valence-corrected chi connectivity index (χ2v) is 5.03. The number of carbonyl (C=O) groups is 1. The van der Waals surface area contributed by atoms with Crippen molar-refractivity contribution in [3.8, 4) is 5.88 Å². The predicted octanol–water partition coefficient (Wildman–Crippen LogP) is 2.18. The third-order valence-corrected chi connectivity index (χ3v) is 3.59. The van der Waals surface area contributed by atoms with Crippen LogP contribution in [0, 0.1) is 5.92 Å². The molecule has 1 aliphatic rings. The van der Waals surface area contributed by atoms with Crippen LogP contribution in [0.5, 0.6) is 5.88 Å². The number of hydrogen-bond acceptors (Lipinski definition) is 4. The molecule has 1 N–H and O–H groups in total. The molecule has 1 aromatic rings. The highest BCUT2D eigenvalue weighted by Gasteiger charge is 2.23. The third-order valence-electron chi connectivity index (χ3n) is 3.59. The number of ether oxygens (including phenoxy) is 1. The Balaban J connectivity index is 1.95. The summed E-state index contributed by atoms with van der Waals surface area (Å²) in [7, 11) is 0. The summed E-state index contributed by atoms with van der Waals surface area (Å²) in [4.78, 5) is 12.1. The van der Waals surface area contributed by atoms with Crippen LogP contribution in [0.3, 0.4) is 0 Å². The lowest BCUT2D eigenvalue weighted by atomic mass is 9.86. The number of amides is 1. The molecule has 2 rings (SSSR count). The van der Waals surface area contributed by atoms with E-state index in [2.05, 4.69) is 22.4 Å². The van der Waals surface area contributed by atoms with Crippen molar-refractivity contribution in [3.63, 3.8) is 0 Å². The van der Waals surface area contributed by atoms with Crippen molar-refractivity contribution in [3.05, 3.63) is 17.8 Å². The molecule has 19 heavy (non-hydrogen) atoms. The maximum atomic E-state index is 12.1. The molecule has 1 aromatic heterocycles. The largest absolute Gasteiger partial charge is 0.477 e. The molecule has 0 bridgehead atoms. The fourth-order valence-corrected chi connectivity index (χ4v) is 2.44. The maximum Gasteiger partial charge on any atom is 0.272 e.